The fraction of sp³-hybridized carbons (Fsp3) is 0.750. The number of nitrogens with one attached hydrogen (secondary N) is 2. The van der Waals surface area contributed by atoms with Crippen molar-refractivity contribution in [2.45, 2.75) is 45.8 Å². The van der Waals surface area contributed by atoms with Gasteiger partial charge in [-0.1, -0.05) is 19.0 Å². The van der Waals surface area contributed by atoms with Crippen molar-refractivity contribution in [3.63, 3.8) is 0 Å². The molecule has 0 spiro atoms. The summed E-state index contributed by atoms with van der Waals surface area (Å²) >= 11 is 0. The number of guanidine groups is 1. The molecule has 152 valence electrons. The van der Waals surface area contributed by atoms with Gasteiger partial charge in [-0.3, -0.25) is 4.90 Å². The Morgan fingerprint density at radius 1 is 1.35 bits per heavy atom. The van der Waals surface area contributed by atoms with Gasteiger partial charge in [-0.25, -0.2) is 4.99 Å². The van der Waals surface area contributed by atoms with Crippen LogP contribution in [0.2, 0.25) is 0 Å². The van der Waals surface area contributed by atoms with E-state index in [1.807, 2.05) is 26.8 Å². The smallest absolute Gasteiger partial charge is 0.359 e. The molecule has 0 saturated heterocycles. The molecular formula is C16H29F3IN5O. The second kappa shape index (κ2) is 12.4. The summed E-state index contributed by atoms with van der Waals surface area (Å²) < 4.78 is 42.0. The Morgan fingerprint density at radius 2 is 2.04 bits per heavy atom. The van der Waals surface area contributed by atoms with Crippen molar-refractivity contribution in [2.75, 3.05) is 33.2 Å². The summed E-state index contributed by atoms with van der Waals surface area (Å²) in [6.45, 7) is 7.03. The molecule has 6 nitrogen and oxygen atoms in total. The summed E-state index contributed by atoms with van der Waals surface area (Å²) in [7, 11) is 1.46. The number of alkyl halides is 3. The number of halogens is 4. The standard InChI is InChI=1S/C16H28F3N5O.HI/c1-5-20-15(21-7-6-8-24(4)11-16(17,18)19)22-10-13-9-14(12(2)3)23-25-13;/h9,12H,5-8,10-11H2,1-4H3,(H2,20,21,22);1H. The van der Waals surface area contributed by atoms with E-state index in [1.165, 1.54) is 11.9 Å². The zero-order valence-corrected chi connectivity index (χ0v) is 18.0. The molecule has 0 aliphatic carbocycles. The third-order valence-electron chi connectivity index (χ3n) is 3.36. The van der Waals surface area contributed by atoms with Gasteiger partial charge < -0.3 is 15.2 Å². The van der Waals surface area contributed by atoms with E-state index < -0.39 is 12.7 Å². The molecular weight excluding hydrogens is 462 g/mol. The maximum absolute atomic E-state index is 12.3. The lowest BCUT2D eigenvalue weighted by atomic mass is 10.1. The fourth-order valence-electron chi connectivity index (χ4n) is 2.12. The number of hydrogen-bond acceptors (Lipinski definition) is 4. The van der Waals surface area contributed by atoms with Crippen molar-refractivity contribution in [1.82, 2.24) is 20.7 Å². The molecule has 2 N–H and O–H groups in total. The largest absolute Gasteiger partial charge is 0.401 e. The SMILES string of the molecule is CCNC(=NCc1cc(C(C)C)no1)NCCCN(C)CC(F)(F)F.I. The summed E-state index contributed by atoms with van der Waals surface area (Å²) in [5, 5.41) is 10.2. The van der Waals surface area contributed by atoms with Gasteiger partial charge in [-0.2, -0.15) is 13.2 Å². The first kappa shape index (κ1) is 25.0. The first-order valence-corrected chi connectivity index (χ1v) is 8.44. The van der Waals surface area contributed by atoms with Gasteiger partial charge in [0.1, 0.15) is 6.54 Å². The first-order chi connectivity index (χ1) is 11.7. The molecule has 0 radical (unpaired) electrons. The molecule has 1 rings (SSSR count). The number of aliphatic imine (C=N–C) groups is 1. The highest BCUT2D eigenvalue weighted by molar-refractivity contribution is 14.0. The molecule has 0 aliphatic rings. The van der Waals surface area contributed by atoms with Crippen LogP contribution in [0.1, 0.15) is 44.6 Å². The summed E-state index contributed by atoms with van der Waals surface area (Å²) in [4.78, 5) is 5.66. The second-order valence-electron chi connectivity index (χ2n) is 6.20. The summed E-state index contributed by atoms with van der Waals surface area (Å²) in [6, 6.07) is 1.88. The van der Waals surface area contributed by atoms with Crippen LogP contribution < -0.4 is 10.6 Å². The first-order valence-electron chi connectivity index (χ1n) is 8.44. The lowest BCUT2D eigenvalue weighted by molar-refractivity contribution is -0.143. The van der Waals surface area contributed by atoms with E-state index in [2.05, 4.69) is 20.8 Å². The van der Waals surface area contributed by atoms with Gasteiger partial charge in [0.05, 0.1) is 12.2 Å². The second-order valence-corrected chi connectivity index (χ2v) is 6.20. The molecule has 1 aromatic heterocycles. The molecule has 0 unspecified atom stereocenters. The Kier molecular flexibility index (Phi) is 11.9. The minimum atomic E-state index is -4.16. The minimum Gasteiger partial charge on any atom is -0.359 e. The van der Waals surface area contributed by atoms with E-state index in [9.17, 15) is 13.2 Å². The number of nitrogens with zero attached hydrogens (tertiary/aromatic N) is 3. The van der Waals surface area contributed by atoms with Crippen LogP contribution in [-0.4, -0.2) is 55.4 Å². The molecule has 0 aliphatic heterocycles. The highest BCUT2D eigenvalue weighted by Gasteiger charge is 2.28. The van der Waals surface area contributed by atoms with Crippen LogP contribution in [0.15, 0.2) is 15.6 Å². The predicted octanol–water partition coefficient (Wildman–Crippen LogP) is 3.36. The number of hydrogen-bond donors (Lipinski definition) is 2. The van der Waals surface area contributed by atoms with E-state index in [0.29, 0.717) is 50.2 Å². The topological polar surface area (TPSA) is 65.7 Å². The average Bonchev–Trinajstić information content (AvgIpc) is 2.96. The summed E-state index contributed by atoms with van der Waals surface area (Å²) in [5.41, 5.74) is 0.885. The minimum absolute atomic E-state index is 0. The number of rotatable bonds is 9. The van der Waals surface area contributed by atoms with E-state index >= 15 is 0 Å². The molecule has 1 heterocycles. The number of aromatic nitrogens is 1. The maximum Gasteiger partial charge on any atom is 0.401 e. The Balaban J connectivity index is 0.00000625. The van der Waals surface area contributed by atoms with Crippen LogP contribution >= 0.6 is 24.0 Å². The molecule has 26 heavy (non-hydrogen) atoms. The lowest BCUT2D eigenvalue weighted by Crippen LogP contribution is -2.39. The van der Waals surface area contributed by atoms with Crippen LogP contribution in [0.5, 0.6) is 0 Å². The van der Waals surface area contributed by atoms with Gasteiger partial charge in [0.2, 0.25) is 0 Å². The van der Waals surface area contributed by atoms with Crippen LogP contribution in [0.3, 0.4) is 0 Å². The van der Waals surface area contributed by atoms with Crippen molar-refractivity contribution >= 4 is 29.9 Å². The van der Waals surface area contributed by atoms with E-state index in [0.717, 1.165) is 5.69 Å². The van der Waals surface area contributed by atoms with Crippen molar-refractivity contribution in [1.29, 1.82) is 0 Å². The van der Waals surface area contributed by atoms with E-state index in [4.69, 9.17) is 4.52 Å². The van der Waals surface area contributed by atoms with Gasteiger partial charge in [0.15, 0.2) is 11.7 Å². The Morgan fingerprint density at radius 3 is 2.58 bits per heavy atom. The van der Waals surface area contributed by atoms with Crippen LogP contribution in [0.25, 0.3) is 0 Å². The van der Waals surface area contributed by atoms with Gasteiger partial charge >= 0.3 is 6.18 Å². The van der Waals surface area contributed by atoms with Crippen LogP contribution in [0, 0.1) is 0 Å². The highest BCUT2D eigenvalue weighted by Crippen LogP contribution is 2.15. The molecule has 0 bridgehead atoms. The normalized spacial score (nSPS) is 12.4. The van der Waals surface area contributed by atoms with E-state index in [-0.39, 0.29) is 24.0 Å². The zero-order valence-electron chi connectivity index (χ0n) is 15.7. The highest BCUT2D eigenvalue weighted by atomic mass is 127. The Labute approximate surface area is 170 Å². The lowest BCUT2D eigenvalue weighted by Gasteiger charge is -2.18. The van der Waals surface area contributed by atoms with Crippen molar-refractivity contribution in [3.05, 3.63) is 17.5 Å². The molecule has 0 saturated carbocycles. The monoisotopic (exact) mass is 491 g/mol. The molecule has 0 amide bonds. The van der Waals surface area contributed by atoms with Gasteiger partial charge in [0.25, 0.3) is 0 Å². The Bertz CT molecular complexity index is 534. The average molecular weight is 491 g/mol. The van der Waals surface area contributed by atoms with Crippen molar-refractivity contribution in [3.8, 4) is 0 Å². The molecule has 1 aromatic rings. The van der Waals surface area contributed by atoms with Crippen LogP contribution in [0.4, 0.5) is 13.2 Å². The van der Waals surface area contributed by atoms with Crippen LogP contribution in [-0.2, 0) is 6.54 Å². The Hall–Kier alpha value is -1.04. The molecule has 10 heteroatoms. The third kappa shape index (κ3) is 10.8. The third-order valence-corrected chi connectivity index (χ3v) is 3.36. The van der Waals surface area contributed by atoms with Gasteiger partial charge in [0, 0.05) is 19.2 Å². The van der Waals surface area contributed by atoms with Crippen molar-refractivity contribution < 1.29 is 17.7 Å². The van der Waals surface area contributed by atoms with E-state index in [1.54, 1.807) is 0 Å². The molecule has 0 aromatic carbocycles. The molecule has 0 atom stereocenters. The maximum atomic E-state index is 12.3. The molecule has 0 fully saturated rings. The van der Waals surface area contributed by atoms with Gasteiger partial charge in [-0.15, -0.1) is 24.0 Å². The summed E-state index contributed by atoms with van der Waals surface area (Å²) in [5.74, 6) is 1.57. The van der Waals surface area contributed by atoms with Gasteiger partial charge in [-0.05, 0) is 32.9 Å². The summed E-state index contributed by atoms with van der Waals surface area (Å²) in [6.07, 6.45) is -3.58. The fourth-order valence-corrected chi connectivity index (χ4v) is 2.12. The zero-order chi connectivity index (χ0) is 18.9. The predicted molar refractivity (Wildman–Crippen MR) is 107 cm³/mol. The quantitative estimate of drug-likeness (QED) is 0.240. The van der Waals surface area contributed by atoms with Crippen molar-refractivity contribution in [2.24, 2.45) is 4.99 Å².